The van der Waals surface area contributed by atoms with E-state index in [1.54, 1.807) is 24.7 Å². The number of hydrogen-bond donors (Lipinski definition) is 0. The summed E-state index contributed by atoms with van der Waals surface area (Å²) < 4.78 is 9.62. The topological polar surface area (TPSA) is 68.5 Å². The summed E-state index contributed by atoms with van der Waals surface area (Å²) in [5.41, 5.74) is 1.26. The summed E-state index contributed by atoms with van der Waals surface area (Å²) in [7, 11) is 1.31. The molecule has 0 fully saturated rings. The van der Waals surface area contributed by atoms with E-state index < -0.39 is 5.97 Å². The average Bonchev–Trinajstić information content (AvgIpc) is 2.97. The number of nitrogens with zero attached hydrogens (tertiary/aromatic N) is 3. The monoisotopic (exact) mass is 261 g/mol. The highest BCUT2D eigenvalue weighted by Gasteiger charge is 2.11. The van der Waals surface area contributed by atoms with Crippen LogP contribution in [0.5, 0.6) is 0 Å². The maximum Gasteiger partial charge on any atom is 0.358 e. The fourth-order valence-electron chi connectivity index (χ4n) is 1.67. The zero-order valence-corrected chi connectivity index (χ0v) is 10.9. The van der Waals surface area contributed by atoms with Crippen molar-refractivity contribution in [1.82, 2.24) is 10.2 Å². The summed E-state index contributed by atoms with van der Waals surface area (Å²) in [6.07, 6.45) is 3.33. The highest BCUT2D eigenvalue weighted by atomic mass is 16.5. The first kappa shape index (κ1) is 13.1. The Kier molecular flexibility index (Phi) is 4.12. The molecule has 0 aromatic carbocycles. The Morgan fingerprint density at radius 3 is 2.74 bits per heavy atom. The molecule has 0 spiro atoms. The Labute approximate surface area is 111 Å². The van der Waals surface area contributed by atoms with Crippen LogP contribution in [0, 0.1) is 0 Å². The molecule has 2 rings (SSSR count). The highest BCUT2D eigenvalue weighted by molar-refractivity contribution is 5.86. The molecule has 0 saturated carbocycles. The molecule has 0 aliphatic rings. The lowest BCUT2D eigenvalue weighted by Crippen LogP contribution is -2.23. The van der Waals surface area contributed by atoms with Crippen LogP contribution in [0.2, 0.25) is 0 Å². The van der Waals surface area contributed by atoms with E-state index in [1.165, 1.54) is 7.11 Å². The van der Waals surface area contributed by atoms with Gasteiger partial charge in [0.05, 0.1) is 19.6 Å². The predicted octanol–water partition coefficient (Wildman–Crippen LogP) is 1.88. The molecule has 0 radical (unpaired) electrons. The molecule has 0 aliphatic heterocycles. The third-order valence-electron chi connectivity index (χ3n) is 2.70. The zero-order chi connectivity index (χ0) is 13.7. The molecule has 2 aromatic heterocycles. The quantitative estimate of drug-likeness (QED) is 0.765. The fourth-order valence-corrected chi connectivity index (χ4v) is 1.67. The van der Waals surface area contributed by atoms with Gasteiger partial charge in [-0.05, 0) is 25.1 Å². The van der Waals surface area contributed by atoms with Gasteiger partial charge in [-0.3, -0.25) is 0 Å². The zero-order valence-electron chi connectivity index (χ0n) is 10.9. The second-order valence-corrected chi connectivity index (χ2v) is 3.91. The molecule has 19 heavy (non-hydrogen) atoms. The van der Waals surface area contributed by atoms with Crippen molar-refractivity contribution < 1.29 is 13.9 Å². The van der Waals surface area contributed by atoms with Crippen LogP contribution >= 0.6 is 0 Å². The number of carbonyl (C=O) groups excluding carboxylic acids is 1. The molecular formula is C13H15N3O3. The van der Waals surface area contributed by atoms with Crippen LogP contribution in [-0.4, -0.2) is 29.8 Å². The van der Waals surface area contributed by atoms with E-state index in [2.05, 4.69) is 14.9 Å². The van der Waals surface area contributed by atoms with E-state index in [0.717, 1.165) is 12.1 Å². The molecule has 0 N–H and O–H groups in total. The number of methoxy groups -OCH3 is 1. The minimum atomic E-state index is -0.489. The van der Waals surface area contributed by atoms with Gasteiger partial charge in [-0.2, -0.15) is 0 Å². The Bertz CT molecular complexity index is 523. The maximum absolute atomic E-state index is 11.3. The van der Waals surface area contributed by atoms with Gasteiger partial charge < -0.3 is 14.1 Å². The minimum absolute atomic E-state index is 0.200. The Balaban J connectivity index is 2.12. The van der Waals surface area contributed by atoms with E-state index in [-0.39, 0.29) is 5.69 Å². The van der Waals surface area contributed by atoms with Gasteiger partial charge >= 0.3 is 5.97 Å². The summed E-state index contributed by atoms with van der Waals surface area (Å²) in [5.74, 6) is 0.216. The number of anilines is 1. The number of furan rings is 1. The van der Waals surface area contributed by atoms with Gasteiger partial charge in [-0.1, -0.05) is 0 Å². The van der Waals surface area contributed by atoms with Crippen LogP contribution in [0.3, 0.4) is 0 Å². The van der Waals surface area contributed by atoms with Gasteiger partial charge in [0.15, 0.2) is 11.5 Å². The lowest BCUT2D eigenvalue weighted by molar-refractivity contribution is 0.0592. The number of esters is 1. The SMILES string of the molecule is CCN(Cc1ccoc1)c1ccc(C(=O)OC)nn1. The van der Waals surface area contributed by atoms with E-state index in [0.29, 0.717) is 12.4 Å². The Morgan fingerprint density at radius 1 is 1.37 bits per heavy atom. The molecule has 0 amide bonds. The summed E-state index contributed by atoms with van der Waals surface area (Å²) in [6, 6.07) is 5.26. The van der Waals surface area contributed by atoms with Crippen LogP contribution in [0.4, 0.5) is 5.82 Å². The smallest absolute Gasteiger partial charge is 0.358 e. The lowest BCUT2D eigenvalue weighted by atomic mass is 10.3. The first-order chi connectivity index (χ1) is 9.24. The number of carbonyl (C=O) groups is 1. The minimum Gasteiger partial charge on any atom is -0.472 e. The Morgan fingerprint density at radius 2 is 2.21 bits per heavy atom. The molecule has 6 heteroatoms. The fraction of sp³-hybridized carbons (Fsp3) is 0.308. The molecule has 100 valence electrons. The lowest BCUT2D eigenvalue weighted by Gasteiger charge is -2.20. The van der Waals surface area contributed by atoms with Crippen molar-refractivity contribution in [3.8, 4) is 0 Å². The van der Waals surface area contributed by atoms with Gasteiger partial charge in [0.1, 0.15) is 0 Å². The van der Waals surface area contributed by atoms with Crippen molar-refractivity contribution in [3.05, 3.63) is 42.0 Å². The number of hydrogen-bond acceptors (Lipinski definition) is 6. The van der Waals surface area contributed by atoms with E-state index >= 15 is 0 Å². The van der Waals surface area contributed by atoms with Gasteiger partial charge in [0.2, 0.25) is 0 Å². The third-order valence-corrected chi connectivity index (χ3v) is 2.70. The molecule has 2 aromatic rings. The van der Waals surface area contributed by atoms with Crippen LogP contribution in [0.1, 0.15) is 23.0 Å². The second kappa shape index (κ2) is 5.99. The predicted molar refractivity (Wildman–Crippen MR) is 68.8 cm³/mol. The summed E-state index contributed by atoms with van der Waals surface area (Å²) in [6.45, 7) is 3.48. The van der Waals surface area contributed by atoms with Crippen LogP contribution < -0.4 is 4.90 Å². The van der Waals surface area contributed by atoms with E-state index in [1.807, 2.05) is 17.9 Å². The number of rotatable bonds is 5. The molecule has 6 nitrogen and oxygen atoms in total. The van der Waals surface area contributed by atoms with Gasteiger partial charge in [-0.15, -0.1) is 10.2 Å². The van der Waals surface area contributed by atoms with E-state index in [9.17, 15) is 4.79 Å². The van der Waals surface area contributed by atoms with Gasteiger partial charge in [-0.25, -0.2) is 4.79 Å². The van der Waals surface area contributed by atoms with Crippen LogP contribution in [-0.2, 0) is 11.3 Å². The van der Waals surface area contributed by atoms with Crippen molar-refractivity contribution in [2.75, 3.05) is 18.6 Å². The average molecular weight is 261 g/mol. The second-order valence-electron chi connectivity index (χ2n) is 3.91. The van der Waals surface area contributed by atoms with Crippen molar-refractivity contribution in [2.24, 2.45) is 0 Å². The number of aromatic nitrogens is 2. The molecule has 0 aliphatic carbocycles. The van der Waals surface area contributed by atoms with Crippen LogP contribution in [0.25, 0.3) is 0 Å². The largest absolute Gasteiger partial charge is 0.472 e. The summed E-state index contributed by atoms with van der Waals surface area (Å²) in [4.78, 5) is 13.3. The van der Waals surface area contributed by atoms with Crippen LogP contribution in [0.15, 0.2) is 35.1 Å². The number of ether oxygens (including phenoxy) is 1. The molecule has 0 saturated heterocycles. The molecular weight excluding hydrogens is 246 g/mol. The van der Waals surface area contributed by atoms with Crippen molar-refractivity contribution >= 4 is 11.8 Å². The first-order valence-electron chi connectivity index (χ1n) is 5.92. The summed E-state index contributed by atoms with van der Waals surface area (Å²) >= 11 is 0. The Hall–Kier alpha value is -2.37. The van der Waals surface area contributed by atoms with Gasteiger partial charge in [0.25, 0.3) is 0 Å². The van der Waals surface area contributed by atoms with E-state index in [4.69, 9.17) is 4.42 Å². The van der Waals surface area contributed by atoms with Crippen molar-refractivity contribution in [2.45, 2.75) is 13.5 Å². The molecule has 0 bridgehead atoms. The molecule has 0 atom stereocenters. The van der Waals surface area contributed by atoms with Crippen molar-refractivity contribution in [1.29, 1.82) is 0 Å². The third kappa shape index (κ3) is 3.09. The first-order valence-corrected chi connectivity index (χ1v) is 5.92. The molecule has 2 heterocycles. The summed E-state index contributed by atoms with van der Waals surface area (Å²) in [5, 5.41) is 7.90. The van der Waals surface area contributed by atoms with Gasteiger partial charge in [0, 0.05) is 18.7 Å². The molecule has 0 unspecified atom stereocenters. The maximum atomic E-state index is 11.3. The highest BCUT2D eigenvalue weighted by Crippen LogP contribution is 2.14. The standard InChI is InChI=1S/C13H15N3O3/c1-3-16(8-10-6-7-19-9-10)12-5-4-11(14-15-12)13(17)18-2/h4-7,9H,3,8H2,1-2H3. The van der Waals surface area contributed by atoms with Crippen molar-refractivity contribution in [3.63, 3.8) is 0 Å². The normalized spacial score (nSPS) is 10.2.